The summed E-state index contributed by atoms with van der Waals surface area (Å²) in [5, 5.41) is 0. The maximum Gasteiger partial charge on any atom is 0.252 e. The van der Waals surface area contributed by atoms with E-state index in [1.807, 2.05) is 12.1 Å². The van der Waals surface area contributed by atoms with Crippen molar-refractivity contribution in [3.8, 4) is 5.75 Å². The van der Waals surface area contributed by atoms with Crippen molar-refractivity contribution in [1.29, 1.82) is 0 Å². The fourth-order valence-corrected chi connectivity index (χ4v) is 1.95. The Morgan fingerprint density at radius 2 is 1.71 bits per heavy atom. The van der Waals surface area contributed by atoms with E-state index in [-0.39, 0.29) is 18.0 Å². The van der Waals surface area contributed by atoms with Gasteiger partial charge >= 0.3 is 0 Å². The van der Waals surface area contributed by atoms with Gasteiger partial charge in [-0.2, -0.15) is 0 Å². The van der Waals surface area contributed by atoms with Gasteiger partial charge in [-0.1, -0.05) is 43.3 Å². The Bertz CT molecular complexity index is 647. The summed E-state index contributed by atoms with van der Waals surface area (Å²) in [6, 6.07) is 14.0. The van der Waals surface area contributed by atoms with E-state index in [0.29, 0.717) is 11.3 Å². The molecule has 0 aliphatic heterocycles. The van der Waals surface area contributed by atoms with E-state index in [1.165, 1.54) is 5.56 Å². The zero-order valence-electron chi connectivity index (χ0n) is 11.8. The van der Waals surface area contributed by atoms with Crippen LogP contribution >= 0.6 is 0 Å². The number of carbonyl (C=O) groups is 2. The fraction of sp³-hybridized carbons (Fsp3) is 0.176. The standard InChI is InChI=1S/C17H17NO3/c1-2-12-7-9-13(10-8-12)15(19)11-21-16-6-4-3-5-14(16)17(18)20/h3-10H,2,11H2,1H3,(H2,18,20). The molecule has 0 heterocycles. The molecule has 2 rings (SSSR count). The van der Waals surface area contributed by atoms with Crippen LogP contribution < -0.4 is 10.5 Å². The third kappa shape index (κ3) is 3.69. The van der Waals surface area contributed by atoms with Crippen LogP contribution in [0.15, 0.2) is 48.5 Å². The highest BCUT2D eigenvalue weighted by molar-refractivity contribution is 5.98. The summed E-state index contributed by atoms with van der Waals surface area (Å²) in [4.78, 5) is 23.3. The normalized spacial score (nSPS) is 10.1. The fourth-order valence-electron chi connectivity index (χ4n) is 1.95. The lowest BCUT2D eigenvalue weighted by molar-refractivity contribution is 0.0912. The lowest BCUT2D eigenvalue weighted by Crippen LogP contribution is -2.16. The van der Waals surface area contributed by atoms with Gasteiger partial charge in [0.15, 0.2) is 12.4 Å². The molecule has 0 bridgehead atoms. The van der Waals surface area contributed by atoms with Gasteiger partial charge in [-0.05, 0) is 24.1 Å². The number of hydrogen-bond acceptors (Lipinski definition) is 3. The molecule has 0 atom stereocenters. The molecular weight excluding hydrogens is 266 g/mol. The van der Waals surface area contributed by atoms with Crippen molar-refractivity contribution in [2.24, 2.45) is 5.73 Å². The highest BCUT2D eigenvalue weighted by atomic mass is 16.5. The highest BCUT2D eigenvalue weighted by Crippen LogP contribution is 2.17. The third-order valence-electron chi connectivity index (χ3n) is 3.20. The molecule has 4 heteroatoms. The van der Waals surface area contributed by atoms with Gasteiger partial charge in [-0.15, -0.1) is 0 Å². The van der Waals surface area contributed by atoms with Gasteiger partial charge in [0, 0.05) is 5.56 Å². The molecule has 0 aliphatic carbocycles. The van der Waals surface area contributed by atoms with Crippen molar-refractivity contribution < 1.29 is 14.3 Å². The van der Waals surface area contributed by atoms with E-state index < -0.39 is 5.91 Å². The van der Waals surface area contributed by atoms with Gasteiger partial charge in [-0.3, -0.25) is 9.59 Å². The number of benzene rings is 2. The molecule has 0 aliphatic rings. The van der Waals surface area contributed by atoms with Crippen LogP contribution in [0.3, 0.4) is 0 Å². The smallest absolute Gasteiger partial charge is 0.252 e. The van der Waals surface area contributed by atoms with Crippen LogP contribution in [0.25, 0.3) is 0 Å². The van der Waals surface area contributed by atoms with E-state index in [9.17, 15) is 9.59 Å². The molecule has 0 saturated heterocycles. The molecular formula is C17H17NO3. The van der Waals surface area contributed by atoms with Crippen LogP contribution in [0.1, 0.15) is 33.2 Å². The van der Waals surface area contributed by atoms with E-state index >= 15 is 0 Å². The zero-order valence-corrected chi connectivity index (χ0v) is 11.8. The largest absolute Gasteiger partial charge is 0.485 e. The molecule has 2 N–H and O–H groups in total. The molecule has 0 radical (unpaired) electrons. The molecule has 108 valence electrons. The van der Waals surface area contributed by atoms with E-state index in [2.05, 4.69) is 6.92 Å². The van der Waals surface area contributed by atoms with E-state index in [1.54, 1.807) is 36.4 Å². The number of carbonyl (C=O) groups excluding carboxylic acids is 2. The molecule has 1 amide bonds. The molecule has 2 aromatic carbocycles. The Morgan fingerprint density at radius 3 is 2.33 bits per heavy atom. The molecule has 0 aromatic heterocycles. The van der Waals surface area contributed by atoms with Crippen molar-refractivity contribution in [2.75, 3.05) is 6.61 Å². The first-order valence-electron chi connectivity index (χ1n) is 6.75. The number of primary amides is 1. The topological polar surface area (TPSA) is 69.4 Å². The van der Waals surface area contributed by atoms with Crippen molar-refractivity contribution in [3.05, 3.63) is 65.2 Å². The maximum atomic E-state index is 12.1. The number of ketones is 1. The van der Waals surface area contributed by atoms with Gasteiger partial charge in [0.25, 0.3) is 5.91 Å². The van der Waals surface area contributed by atoms with Crippen molar-refractivity contribution in [1.82, 2.24) is 0 Å². The monoisotopic (exact) mass is 283 g/mol. The number of hydrogen-bond donors (Lipinski definition) is 1. The minimum absolute atomic E-state index is 0.129. The molecule has 0 spiro atoms. The average Bonchev–Trinajstić information content (AvgIpc) is 2.52. The molecule has 4 nitrogen and oxygen atoms in total. The van der Waals surface area contributed by atoms with Gasteiger partial charge in [0.2, 0.25) is 0 Å². The minimum atomic E-state index is -0.578. The Labute approximate surface area is 123 Å². The first kappa shape index (κ1) is 14.8. The molecule has 21 heavy (non-hydrogen) atoms. The Morgan fingerprint density at radius 1 is 1.05 bits per heavy atom. The molecule has 0 saturated carbocycles. The minimum Gasteiger partial charge on any atom is -0.485 e. The van der Waals surface area contributed by atoms with Crippen LogP contribution in [0.5, 0.6) is 5.75 Å². The summed E-state index contributed by atoms with van der Waals surface area (Å²) >= 11 is 0. The third-order valence-corrected chi connectivity index (χ3v) is 3.20. The van der Waals surface area contributed by atoms with Crippen LogP contribution in [0.4, 0.5) is 0 Å². The number of nitrogens with two attached hydrogens (primary N) is 1. The second-order valence-corrected chi connectivity index (χ2v) is 4.62. The SMILES string of the molecule is CCc1ccc(C(=O)COc2ccccc2C(N)=O)cc1. The summed E-state index contributed by atoms with van der Waals surface area (Å²) < 4.78 is 5.42. The number of Topliss-reactive ketones (excluding diaryl/α,β-unsaturated/α-hetero) is 1. The van der Waals surface area contributed by atoms with Crippen molar-refractivity contribution in [2.45, 2.75) is 13.3 Å². The van der Waals surface area contributed by atoms with Crippen LogP contribution in [0.2, 0.25) is 0 Å². The Hall–Kier alpha value is -2.62. The maximum absolute atomic E-state index is 12.1. The molecule has 0 unspecified atom stereocenters. The van der Waals surface area contributed by atoms with E-state index in [4.69, 9.17) is 10.5 Å². The van der Waals surface area contributed by atoms with Crippen LogP contribution in [0, 0.1) is 0 Å². The number of para-hydroxylation sites is 1. The average molecular weight is 283 g/mol. The van der Waals surface area contributed by atoms with Gasteiger partial charge in [0.05, 0.1) is 5.56 Å². The Balaban J connectivity index is 2.05. The summed E-state index contributed by atoms with van der Waals surface area (Å²) in [5.74, 6) is -0.397. The zero-order chi connectivity index (χ0) is 15.2. The van der Waals surface area contributed by atoms with E-state index in [0.717, 1.165) is 6.42 Å². The highest BCUT2D eigenvalue weighted by Gasteiger charge is 2.11. The van der Waals surface area contributed by atoms with Gasteiger partial charge in [-0.25, -0.2) is 0 Å². The van der Waals surface area contributed by atoms with Gasteiger partial charge in [0.1, 0.15) is 5.75 Å². The first-order chi connectivity index (χ1) is 10.1. The molecule has 0 fully saturated rings. The van der Waals surface area contributed by atoms with Crippen molar-refractivity contribution >= 4 is 11.7 Å². The lowest BCUT2D eigenvalue weighted by Gasteiger charge is -2.09. The number of rotatable bonds is 6. The summed E-state index contributed by atoms with van der Waals surface area (Å²) in [5.41, 5.74) is 7.29. The summed E-state index contributed by atoms with van der Waals surface area (Å²) in [7, 11) is 0. The number of amides is 1. The second-order valence-electron chi connectivity index (χ2n) is 4.62. The van der Waals surface area contributed by atoms with Crippen molar-refractivity contribution in [3.63, 3.8) is 0 Å². The predicted molar refractivity (Wildman–Crippen MR) is 80.6 cm³/mol. The predicted octanol–water partition coefficient (Wildman–Crippen LogP) is 2.61. The van der Waals surface area contributed by atoms with Crippen LogP contribution in [-0.2, 0) is 6.42 Å². The first-order valence-corrected chi connectivity index (χ1v) is 6.75. The van der Waals surface area contributed by atoms with Crippen LogP contribution in [-0.4, -0.2) is 18.3 Å². The summed E-state index contributed by atoms with van der Waals surface area (Å²) in [6.07, 6.45) is 0.928. The summed E-state index contributed by atoms with van der Waals surface area (Å²) in [6.45, 7) is 1.93. The molecule has 2 aromatic rings. The quantitative estimate of drug-likeness (QED) is 0.828. The second kappa shape index (κ2) is 6.70. The lowest BCUT2D eigenvalue weighted by atomic mass is 10.1. The number of ether oxygens (including phenoxy) is 1. The number of aryl methyl sites for hydroxylation is 1. The van der Waals surface area contributed by atoms with Gasteiger partial charge < -0.3 is 10.5 Å². The Kier molecular flexibility index (Phi) is 4.72.